The summed E-state index contributed by atoms with van der Waals surface area (Å²) in [4.78, 5) is 0. The maximum atomic E-state index is 6.04. The topological polar surface area (TPSA) is 42.5 Å². The molecule has 0 radical (unpaired) electrons. The van der Waals surface area contributed by atoms with Crippen LogP contribution < -0.4 is 16.1 Å². The Morgan fingerprint density at radius 1 is 1.10 bits per heavy atom. The molecule has 0 bridgehead atoms. The van der Waals surface area contributed by atoms with E-state index >= 15 is 0 Å². The van der Waals surface area contributed by atoms with Crippen molar-refractivity contribution < 1.29 is 9.31 Å². The predicted octanol–water partition coefficient (Wildman–Crippen LogP) is 2.48. The van der Waals surface area contributed by atoms with Crippen LogP contribution in [0.5, 0.6) is 0 Å². The van der Waals surface area contributed by atoms with Crippen molar-refractivity contribution in [2.75, 3.05) is 11.9 Å². The third kappa shape index (κ3) is 3.42. The molecule has 0 atom stereocenters. The lowest BCUT2D eigenvalue weighted by atomic mass is 9.79. The molecule has 1 heterocycles. The van der Waals surface area contributed by atoms with Crippen LogP contribution in [0.15, 0.2) is 36.7 Å². The SMILES string of the molecule is C=C(NCC)Nc1ccc(B2OC(C)(C)C(C)(C)O2)cc1. The molecule has 1 aromatic carbocycles. The smallest absolute Gasteiger partial charge is 0.399 e. The van der Waals surface area contributed by atoms with E-state index in [0.29, 0.717) is 0 Å². The van der Waals surface area contributed by atoms with E-state index < -0.39 is 0 Å². The van der Waals surface area contributed by atoms with Gasteiger partial charge in [0.2, 0.25) is 0 Å². The first kappa shape index (κ1) is 15.9. The Morgan fingerprint density at radius 2 is 1.62 bits per heavy atom. The molecular weight excluding hydrogens is 263 g/mol. The quantitative estimate of drug-likeness (QED) is 0.817. The van der Waals surface area contributed by atoms with Crippen LogP contribution in [0.4, 0.5) is 5.69 Å². The van der Waals surface area contributed by atoms with Crippen molar-refractivity contribution in [1.82, 2.24) is 5.32 Å². The van der Waals surface area contributed by atoms with E-state index in [1.807, 2.05) is 31.2 Å². The first-order valence-corrected chi connectivity index (χ1v) is 7.40. The van der Waals surface area contributed by atoms with Crippen molar-refractivity contribution in [2.24, 2.45) is 0 Å². The van der Waals surface area contributed by atoms with Gasteiger partial charge in [-0.25, -0.2) is 0 Å². The Kier molecular flexibility index (Phi) is 4.35. The normalized spacial score (nSPS) is 19.4. The Hall–Kier alpha value is -1.46. The van der Waals surface area contributed by atoms with Crippen molar-refractivity contribution in [2.45, 2.75) is 45.8 Å². The molecule has 4 nitrogen and oxygen atoms in total. The van der Waals surface area contributed by atoms with Gasteiger partial charge in [-0.15, -0.1) is 0 Å². The molecule has 1 aliphatic heterocycles. The third-order valence-electron chi connectivity index (χ3n) is 4.12. The van der Waals surface area contributed by atoms with Gasteiger partial charge in [0.25, 0.3) is 0 Å². The van der Waals surface area contributed by atoms with Crippen LogP contribution in [0.25, 0.3) is 0 Å². The van der Waals surface area contributed by atoms with Crippen molar-refractivity contribution in [3.05, 3.63) is 36.7 Å². The van der Waals surface area contributed by atoms with E-state index in [9.17, 15) is 0 Å². The molecule has 114 valence electrons. The second kappa shape index (κ2) is 5.74. The zero-order valence-corrected chi connectivity index (χ0v) is 13.6. The van der Waals surface area contributed by atoms with Crippen LogP contribution in [-0.2, 0) is 9.31 Å². The average molecular weight is 288 g/mol. The summed E-state index contributed by atoms with van der Waals surface area (Å²) >= 11 is 0. The summed E-state index contributed by atoms with van der Waals surface area (Å²) < 4.78 is 12.1. The van der Waals surface area contributed by atoms with Gasteiger partial charge in [-0.1, -0.05) is 18.7 Å². The van der Waals surface area contributed by atoms with Crippen LogP contribution >= 0.6 is 0 Å². The van der Waals surface area contributed by atoms with Crippen LogP contribution in [0.1, 0.15) is 34.6 Å². The minimum absolute atomic E-state index is 0.312. The van der Waals surface area contributed by atoms with Gasteiger partial charge in [-0.2, -0.15) is 0 Å². The van der Waals surface area contributed by atoms with Gasteiger partial charge in [-0.3, -0.25) is 0 Å². The molecule has 0 aromatic heterocycles. The number of hydrogen-bond donors (Lipinski definition) is 2. The molecule has 1 saturated heterocycles. The van der Waals surface area contributed by atoms with Crippen molar-refractivity contribution >= 4 is 18.3 Å². The van der Waals surface area contributed by atoms with Crippen LogP contribution in [0.2, 0.25) is 0 Å². The van der Waals surface area contributed by atoms with E-state index in [1.165, 1.54) is 0 Å². The maximum Gasteiger partial charge on any atom is 0.494 e. The van der Waals surface area contributed by atoms with E-state index in [-0.39, 0.29) is 18.3 Å². The van der Waals surface area contributed by atoms with Gasteiger partial charge >= 0.3 is 7.12 Å². The lowest BCUT2D eigenvalue weighted by Crippen LogP contribution is -2.41. The molecular formula is C16H25BN2O2. The fourth-order valence-electron chi connectivity index (χ4n) is 2.13. The second-order valence-corrected chi connectivity index (χ2v) is 6.34. The summed E-state index contributed by atoms with van der Waals surface area (Å²) in [7, 11) is -0.319. The highest BCUT2D eigenvalue weighted by Gasteiger charge is 2.51. The van der Waals surface area contributed by atoms with Gasteiger partial charge < -0.3 is 19.9 Å². The van der Waals surface area contributed by atoms with E-state index in [2.05, 4.69) is 44.9 Å². The van der Waals surface area contributed by atoms with Gasteiger partial charge in [-0.05, 0) is 52.2 Å². The number of rotatable bonds is 5. The zero-order valence-electron chi connectivity index (χ0n) is 13.6. The van der Waals surface area contributed by atoms with Crippen LogP contribution in [-0.4, -0.2) is 24.9 Å². The van der Waals surface area contributed by atoms with Crippen molar-refractivity contribution in [3.8, 4) is 0 Å². The molecule has 0 saturated carbocycles. The number of benzene rings is 1. The summed E-state index contributed by atoms with van der Waals surface area (Å²) in [5.74, 6) is 0.792. The van der Waals surface area contributed by atoms with Crippen LogP contribution in [0, 0.1) is 0 Å². The van der Waals surface area contributed by atoms with E-state index in [0.717, 1.165) is 23.5 Å². The fourth-order valence-corrected chi connectivity index (χ4v) is 2.13. The molecule has 0 spiro atoms. The Bertz CT molecular complexity index is 496. The zero-order chi connectivity index (χ0) is 15.7. The highest BCUT2D eigenvalue weighted by molar-refractivity contribution is 6.62. The fraction of sp³-hybridized carbons (Fsp3) is 0.500. The molecule has 2 rings (SSSR count). The van der Waals surface area contributed by atoms with E-state index in [1.54, 1.807) is 0 Å². The monoisotopic (exact) mass is 288 g/mol. The Morgan fingerprint density at radius 3 is 2.10 bits per heavy atom. The second-order valence-electron chi connectivity index (χ2n) is 6.34. The molecule has 1 aliphatic rings. The minimum atomic E-state index is -0.319. The molecule has 0 aliphatic carbocycles. The summed E-state index contributed by atoms with van der Waals surface area (Å²) in [6.07, 6.45) is 0. The summed E-state index contributed by atoms with van der Waals surface area (Å²) in [6.45, 7) is 15.0. The van der Waals surface area contributed by atoms with E-state index in [4.69, 9.17) is 9.31 Å². The molecule has 2 N–H and O–H groups in total. The largest absolute Gasteiger partial charge is 0.494 e. The molecule has 1 aromatic rings. The summed E-state index contributed by atoms with van der Waals surface area (Å²) in [5, 5.41) is 6.34. The number of nitrogens with one attached hydrogen (secondary N) is 2. The maximum absolute atomic E-state index is 6.04. The highest BCUT2D eigenvalue weighted by Crippen LogP contribution is 2.36. The molecule has 5 heteroatoms. The first-order chi connectivity index (χ1) is 9.75. The standard InChI is InChI=1S/C16H25BN2O2/c1-7-18-12(2)19-14-10-8-13(9-11-14)17-20-15(3,4)16(5,6)21-17/h8-11,18-19H,2,7H2,1,3-6H3. The third-order valence-corrected chi connectivity index (χ3v) is 4.12. The van der Waals surface area contributed by atoms with Crippen LogP contribution in [0.3, 0.4) is 0 Å². The molecule has 0 unspecified atom stereocenters. The highest BCUT2D eigenvalue weighted by atomic mass is 16.7. The molecule has 1 fully saturated rings. The Labute approximate surface area is 128 Å². The predicted molar refractivity (Wildman–Crippen MR) is 88.6 cm³/mol. The minimum Gasteiger partial charge on any atom is -0.399 e. The summed E-state index contributed by atoms with van der Waals surface area (Å²) in [5.41, 5.74) is 1.39. The van der Waals surface area contributed by atoms with Gasteiger partial charge in [0.1, 0.15) is 0 Å². The number of hydrogen-bond acceptors (Lipinski definition) is 4. The average Bonchev–Trinajstić information content (AvgIpc) is 2.59. The number of anilines is 1. The molecule has 0 amide bonds. The van der Waals surface area contributed by atoms with Gasteiger partial charge in [0, 0.05) is 12.2 Å². The van der Waals surface area contributed by atoms with Crippen molar-refractivity contribution in [1.29, 1.82) is 0 Å². The molecule has 21 heavy (non-hydrogen) atoms. The van der Waals surface area contributed by atoms with Gasteiger partial charge in [0.15, 0.2) is 0 Å². The summed E-state index contributed by atoms with van der Waals surface area (Å²) in [6, 6.07) is 8.04. The Balaban J connectivity index is 2.05. The van der Waals surface area contributed by atoms with Crippen molar-refractivity contribution in [3.63, 3.8) is 0 Å². The lowest BCUT2D eigenvalue weighted by Gasteiger charge is -2.32. The first-order valence-electron chi connectivity index (χ1n) is 7.40. The lowest BCUT2D eigenvalue weighted by molar-refractivity contribution is 0.00578. The van der Waals surface area contributed by atoms with Gasteiger partial charge in [0.05, 0.1) is 17.0 Å².